The first kappa shape index (κ1) is 12.4. The van der Waals surface area contributed by atoms with Crippen molar-refractivity contribution in [2.24, 2.45) is 11.5 Å². The van der Waals surface area contributed by atoms with Crippen LogP contribution in [0.25, 0.3) is 0 Å². The van der Waals surface area contributed by atoms with E-state index in [1.807, 2.05) is 6.08 Å². The number of nitrogens with two attached hydrogens (primary N) is 2. The molecule has 0 aromatic carbocycles. The van der Waals surface area contributed by atoms with Crippen molar-refractivity contribution in [2.45, 2.75) is 26.8 Å². The van der Waals surface area contributed by atoms with Crippen LogP contribution in [0.4, 0.5) is 0 Å². The molecule has 0 aromatic heterocycles. The molecule has 0 aliphatic rings. The highest BCUT2D eigenvalue weighted by Crippen LogP contribution is 2.12. The zero-order valence-corrected chi connectivity index (χ0v) is 10.0. The van der Waals surface area contributed by atoms with Crippen LogP contribution < -0.4 is 11.5 Å². The fourth-order valence-electron chi connectivity index (χ4n) is 1.21. The summed E-state index contributed by atoms with van der Waals surface area (Å²) in [4.78, 5) is 2.16. The van der Waals surface area contributed by atoms with E-state index in [9.17, 15) is 0 Å². The summed E-state index contributed by atoms with van der Waals surface area (Å²) in [7, 11) is 0. The van der Waals surface area contributed by atoms with Crippen LogP contribution in [-0.4, -0.2) is 17.5 Å². The number of allylic oxidation sites excluding steroid dienone is 1. The van der Waals surface area contributed by atoms with Gasteiger partial charge in [0, 0.05) is 18.8 Å². The lowest BCUT2D eigenvalue weighted by Gasteiger charge is -2.28. The Hall–Kier alpha value is -0.640. The Morgan fingerprint density at radius 2 is 2.08 bits per heavy atom. The van der Waals surface area contributed by atoms with Gasteiger partial charge in [-0.15, -0.1) is 0 Å². The van der Waals surface area contributed by atoms with E-state index in [0.717, 1.165) is 12.2 Å². The average Bonchev–Trinajstić information content (AvgIpc) is 2.02. The minimum Gasteiger partial charge on any atom is -0.403 e. The third-order valence-corrected chi connectivity index (χ3v) is 1.98. The van der Waals surface area contributed by atoms with Crippen LogP contribution in [-0.2, 0) is 0 Å². The summed E-state index contributed by atoms with van der Waals surface area (Å²) in [6.07, 6.45) is 3.38. The summed E-state index contributed by atoms with van der Waals surface area (Å²) in [5.74, 6) is 0. The number of hydrogen-bond acceptors (Lipinski definition) is 3. The molecule has 0 unspecified atom stereocenters. The van der Waals surface area contributed by atoms with E-state index in [1.165, 1.54) is 0 Å². The molecule has 4 heteroatoms. The fraction of sp³-hybridized carbons (Fsp3) is 0.556. The quantitative estimate of drug-likeness (QED) is 0.588. The van der Waals surface area contributed by atoms with E-state index in [0.29, 0.717) is 10.6 Å². The number of halogens is 1. The minimum atomic E-state index is 0.419. The highest BCUT2D eigenvalue weighted by atomic mass is 79.9. The van der Waals surface area contributed by atoms with Crippen molar-refractivity contribution in [1.82, 2.24) is 4.90 Å². The van der Waals surface area contributed by atoms with Crippen LogP contribution in [0.15, 0.2) is 22.6 Å². The van der Waals surface area contributed by atoms with Gasteiger partial charge in [0.15, 0.2) is 0 Å². The van der Waals surface area contributed by atoms with Gasteiger partial charge in [-0.2, -0.15) is 0 Å². The molecule has 0 saturated heterocycles. The molecule has 0 fully saturated rings. The second kappa shape index (κ2) is 5.91. The summed E-state index contributed by atoms with van der Waals surface area (Å²) in [6, 6.07) is 0.419. The normalized spacial score (nSPS) is 13.6. The first-order valence-electron chi connectivity index (χ1n) is 4.34. The van der Waals surface area contributed by atoms with Gasteiger partial charge in [0.05, 0.1) is 10.3 Å². The van der Waals surface area contributed by atoms with E-state index < -0.39 is 0 Å². The Labute approximate surface area is 88.6 Å². The minimum absolute atomic E-state index is 0.419. The van der Waals surface area contributed by atoms with Crippen LogP contribution in [0, 0.1) is 0 Å². The molecule has 3 nitrogen and oxygen atoms in total. The predicted molar refractivity (Wildman–Crippen MR) is 61.0 cm³/mol. The lowest BCUT2D eigenvalue weighted by Crippen LogP contribution is -2.30. The highest BCUT2D eigenvalue weighted by molar-refractivity contribution is 9.11. The third kappa shape index (κ3) is 4.22. The van der Waals surface area contributed by atoms with Crippen LogP contribution in [0.5, 0.6) is 0 Å². The Balaban J connectivity index is 4.66. The van der Waals surface area contributed by atoms with Crippen LogP contribution in [0.2, 0.25) is 0 Å². The van der Waals surface area contributed by atoms with E-state index in [-0.39, 0.29) is 0 Å². The number of hydrogen-bond donors (Lipinski definition) is 2. The van der Waals surface area contributed by atoms with Gasteiger partial charge in [-0.05, 0) is 42.8 Å². The third-order valence-electron chi connectivity index (χ3n) is 1.75. The van der Waals surface area contributed by atoms with E-state index >= 15 is 0 Å². The summed E-state index contributed by atoms with van der Waals surface area (Å²) in [5.41, 5.74) is 12.0. The lowest BCUT2D eigenvalue weighted by atomic mass is 10.2. The molecular formula is C9H18BrN3. The number of rotatable bonds is 4. The van der Waals surface area contributed by atoms with Gasteiger partial charge < -0.3 is 16.4 Å². The molecule has 0 spiro atoms. The zero-order valence-electron chi connectivity index (χ0n) is 8.42. The van der Waals surface area contributed by atoms with Crippen LogP contribution in [0.1, 0.15) is 20.8 Å². The number of likely N-dealkylation sites (N-methyl/N-ethyl adjacent to an activating group) is 1. The van der Waals surface area contributed by atoms with Gasteiger partial charge >= 0.3 is 0 Å². The van der Waals surface area contributed by atoms with Crippen molar-refractivity contribution < 1.29 is 0 Å². The largest absolute Gasteiger partial charge is 0.403 e. The SMILES string of the molecule is CCN(C(/C=C(\N)Br)=C/N)C(C)C. The molecule has 0 heterocycles. The van der Waals surface area contributed by atoms with Crippen molar-refractivity contribution in [3.05, 3.63) is 22.6 Å². The van der Waals surface area contributed by atoms with Gasteiger partial charge in [0.25, 0.3) is 0 Å². The summed E-state index contributed by atoms with van der Waals surface area (Å²) < 4.78 is 0.586. The predicted octanol–water partition coefficient (Wildman–Crippen LogP) is 1.71. The van der Waals surface area contributed by atoms with Crippen molar-refractivity contribution in [3.63, 3.8) is 0 Å². The molecule has 0 atom stereocenters. The van der Waals surface area contributed by atoms with Crippen LogP contribution in [0.3, 0.4) is 0 Å². The zero-order chi connectivity index (χ0) is 10.4. The lowest BCUT2D eigenvalue weighted by molar-refractivity contribution is 0.307. The second-order valence-electron chi connectivity index (χ2n) is 3.00. The average molecular weight is 248 g/mol. The van der Waals surface area contributed by atoms with Crippen molar-refractivity contribution >= 4 is 15.9 Å². The Morgan fingerprint density at radius 3 is 2.31 bits per heavy atom. The standard InChI is InChI=1S/C9H18BrN3/c1-4-13(7(2)3)8(6-11)5-9(10)12/h5-7H,4,11-12H2,1-3H3/b8-6+,9-5-. The van der Waals surface area contributed by atoms with Gasteiger partial charge in [-0.25, -0.2) is 0 Å². The fourth-order valence-corrected chi connectivity index (χ4v) is 1.45. The van der Waals surface area contributed by atoms with Gasteiger partial charge in [0.2, 0.25) is 0 Å². The summed E-state index contributed by atoms with van der Waals surface area (Å²) in [6.45, 7) is 7.23. The molecule has 0 saturated carbocycles. The van der Waals surface area contributed by atoms with Gasteiger partial charge in [0.1, 0.15) is 0 Å². The molecule has 76 valence electrons. The second-order valence-corrected chi connectivity index (χ2v) is 3.92. The van der Waals surface area contributed by atoms with Crippen molar-refractivity contribution in [2.75, 3.05) is 6.54 Å². The maximum Gasteiger partial charge on any atom is 0.0775 e. The Morgan fingerprint density at radius 1 is 1.54 bits per heavy atom. The van der Waals surface area contributed by atoms with E-state index in [4.69, 9.17) is 11.5 Å². The molecule has 4 N–H and O–H groups in total. The highest BCUT2D eigenvalue weighted by Gasteiger charge is 2.08. The first-order chi connectivity index (χ1) is 6.02. The molecule has 13 heavy (non-hydrogen) atoms. The summed E-state index contributed by atoms with van der Waals surface area (Å²) >= 11 is 3.18. The monoisotopic (exact) mass is 247 g/mol. The van der Waals surface area contributed by atoms with E-state index in [1.54, 1.807) is 6.20 Å². The van der Waals surface area contributed by atoms with Crippen molar-refractivity contribution in [1.29, 1.82) is 0 Å². The Bertz CT molecular complexity index is 205. The molecule has 0 bridgehead atoms. The Kier molecular flexibility index (Phi) is 5.62. The molecular weight excluding hydrogens is 230 g/mol. The molecule has 0 aromatic rings. The molecule has 0 rings (SSSR count). The van der Waals surface area contributed by atoms with Gasteiger partial charge in [-0.3, -0.25) is 0 Å². The molecule has 0 aliphatic heterocycles. The molecule has 0 radical (unpaired) electrons. The number of nitrogens with zero attached hydrogens (tertiary/aromatic N) is 1. The summed E-state index contributed by atoms with van der Waals surface area (Å²) in [5, 5.41) is 0. The van der Waals surface area contributed by atoms with E-state index in [2.05, 4.69) is 41.6 Å². The van der Waals surface area contributed by atoms with Gasteiger partial charge in [-0.1, -0.05) is 0 Å². The molecule has 0 amide bonds. The van der Waals surface area contributed by atoms with Crippen molar-refractivity contribution in [3.8, 4) is 0 Å². The molecule has 0 aliphatic carbocycles. The smallest absolute Gasteiger partial charge is 0.0775 e. The van der Waals surface area contributed by atoms with Crippen LogP contribution >= 0.6 is 15.9 Å². The maximum absolute atomic E-state index is 5.52. The maximum atomic E-state index is 5.52. The topological polar surface area (TPSA) is 55.3 Å². The first-order valence-corrected chi connectivity index (χ1v) is 5.13.